The number of carbonyl (C=O) groups excluding carboxylic acids is 1. The Morgan fingerprint density at radius 1 is 1.19 bits per heavy atom. The molecule has 1 N–H and O–H groups in total. The van der Waals surface area contributed by atoms with E-state index in [1.807, 2.05) is 24.3 Å². The lowest BCUT2D eigenvalue weighted by atomic mass is 10.2. The fourth-order valence-electron chi connectivity index (χ4n) is 3.30. The number of nitrogens with one attached hydrogen (secondary N) is 1. The normalized spacial score (nSPS) is 16.0. The lowest BCUT2D eigenvalue weighted by Gasteiger charge is -2.19. The van der Waals surface area contributed by atoms with Gasteiger partial charge in [0.2, 0.25) is 10.0 Å². The highest BCUT2D eigenvalue weighted by molar-refractivity contribution is 7.93. The van der Waals surface area contributed by atoms with Crippen molar-refractivity contribution in [2.24, 2.45) is 0 Å². The van der Waals surface area contributed by atoms with Crippen LogP contribution in [0, 0.1) is 0 Å². The van der Waals surface area contributed by atoms with Gasteiger partial charge in [-0.2, -0.15) is 0 Å². The molecule has 0 radical (unpaired) electrons. The summed E-state index contributed by atoms with van der Waals surface area (Å²) in [5.74, 6) is 0.742. The molecule has 0 aliphatic carbocycles. The molecule has 27 heavy (non-hydrogen) atoms. The molecule has 140 valence electrons. The van der Waals surface area contributed by atoms with Gasteiger partial charge in [0.1, 0.15) is 5.82 Å². The van der Waals surface area contributed by atoms with E-state index >= 15 is 0 Å². The van der Waals surface area contributed by atoms with Gasteiger partial charge in [-0.25, -0.2) is 13.4 Å². The van der Waals surface area contributed by atoms with Crippen molar-refractivity contribution in [2.75, 3.05) is 23.7 Å². The molecule has 7 nitrogen and oxygen atoms in total. The van der Waals surface area contributed by atoms with Gasteiger partial charge in [0.25, 0.3) is 5.91 Å². The van der Waals surface area contributed by atoms with Crippen molar-refractivity contribution in [3.05, 3.63) is 59.9 Å². The average Bonchev–Trinajstić information content (AvgIpc) is 3.22. The molecule has 1 aliphatic rings. The second-order valence-corrected chi connectivity index (χ2v) is 8.66. The number of aromatic amines is 1. The largest absolute Gasteiger partial charge is 0.340 e. The second kappa shape index (κ2) is 6.70. The molecule has 2 aromatic carbocycles. The molecule has 0 bridgehead atoms. The number of rotatable bonds is 4. The van der Waals surface area contributed by atoms with Crippen LogP contribution >= 0.6 is 0 Å². The first-order valence-corrected chi connectivity index (χ1v) is 10.3. The maximum atomic E-state index is 12.7. The molecule has 1 amide bonds. The lowest BCUT2D eigenvalue weighted by molar-refractivity contribution is 0.0782. The number of nitrogens with zero attached hydrogens (tertiary/aromatic N) is 3. The molecule has 0 atom stereocenters. The molecule has 1 aromatic heterocycles. The molecule has 1 aliphatic heterocycles. The van der Waals surface area contributed by atoms with Gasteiger partial charge in [0.15, 0.2) is 0 Å². The zero-order valence-corrected chi connectivity index (χ0v) is 15.7. The molecule has 1 fully saturated rings. The van der Waals surface area contributed by atoms with Crippen molar-refractivity contribution < 1.29 is 13.2 Å². The number of H-pyrrole nitrogens is 1. The van der Waals surface area contributed by atoms with Crippen LogP contribution in [-0.4, -0.2) is 48.5 Å². The average molecular weight is 384 g/mol. The molecule has 8 heteroatoms. The first-order chi connectivity index (χ1) is 12.9. The van der Waals surface area contributed by atoms with Crippen LogP contribution in [0.2, 0.25) is 0 Å². The predicted molar refractivity (Wildman–Crippen MR) is 104 cm³/mol. The van der Waals surface area contributed by atoms with Crippen molar-refractivity contribution in [2.45, 2.75) is 13.0 Å². The Morgan fingerprint density at radius 3 is 2.59 bits per heavy atom. The van der Waals surface area contributed by atoms with E-state index in [1.165, 1.54) is 4.31 Å². The number of fused-ring (bicyclic) bond motifs is 1. The molecule has 0 saturated carbocycles. The number of aromatic nitrogens is 2. The standard InChI is InChI=1S/C19H20N4O3S/c1-22(13-18-20-16-5-2-3-6-17(16)21-18)19(24)14-7-9-15(10-8-14)23-11-4-12-27(23,25)26/h2-3,5-10H,4,11-13H2,1H3,(H,20,21). The monoisotopic (exact) mass is 384 g/mol. The van der Waals surface area contributed by atoms with Gasteiger partial charge in [0.05, 0.1) is 29.0 Å². The highest BCUT2D eigenvalue weighted by Gasteiger charge is 2.28. The van der Waals surface area contributed by atoms with Gasteiger partial charge < -0.3 is 9.88 Å². The number of imidazole rings is 1. The number of carbonyl (C=O) groups is 1. The van der Waals surface area contributed by atoms with E-state index in [4.69, 9.17) is 0 Å². The van der Waals surface area contributed by atoms with Crippen molar-refractivity contribution in [3.63, 3.8) is 0 Å². The molecular formula is C19H20N4O3S. The van der Waals surface area contributed by atoms with E-state index in [0.717, 1.165) is 11.0 Å². The Labute approximate surface area is 157 Å². The lowest BCUT2D eigenvalue weighted by Crippen LogP contribution is -2.27. The van der Waals surface area contributed by atoms with Gasteiger partial charge in [-0.05, 0) is 42.8 Å². The van der Waals surface area contributed by atoms with Crippen LogP contribution in [-0.2, 0) is 16.6 Å². The third-order valence-corrected chi connectivity index (χ3v) is 6.54. The van der Waals surface area contributed by atoms with E-state index in [0.29, 0.717) is 36.6 Å². The molecular weight excluding hydrogens is 364 g/mol. The quantitative estimate of drug-likeness (QED) is 0.748. The van der Waals surface area contributed by atoms with Gasteiger partial charge in [-0.1, -0.05) is 12.1 Å². The maximum absolute atomic E-state index is 12.7. The Morgan fingerprint density at radius 2 is 1.93 bits per heavy atom. The number of para-hydroxylation sites is 2. The summed E-state index contributed by atoms with van der Waals surface area (Å²) in [6.45, 7) is 0.845. The molecule has 1 saturated heterocycles. The summed E-state index contributed by atoms with van der Waals surface area (Å²) in [5.41, 5.74) is 2.91. The van der Waals surface area contributed by atoms with Crippen LogP contribution in [0.25, 0.3) is 11.0 Å². The van der Waals surface area contributed by atoms with Gasteiger partial charge >= 0.3 is 0 Å². The maximum Gasteiger partial charge on any atom is 0.254 e. The number of anilines is 1. The Kier molecular flexibility index (Phi) is 4.35. The van der Waals surface area contributed by atoms with Crippen molar-refractivity contribution in [3.8, 4) is 0 Å². The molecule has 0 spiro atoms. The van der Waals surface area contributed by atoms with E-state index < -0.39 is 10.0 Å². The third kappa shape index (κ3) is 3.40. The van der Waals surface area contributed by atoms with E-state index in [9.17, 15) is 13.2 Å². The fraction of sp³-hybridized carbons (Fsp3) is 0.263. The summed E-state index contributed by atoms with van der Waals surface area (Å²) in [6.07, 6.45) is 0.628. The number of sulfonamides is 1. The summed E-state index contributed by atoms with van der Waals surface area (Å²) in [7, 11) is -1.50. The SMILES string of the molecule is CN(Cc1nc2ccccc2[nH]1)C(=O)c1ccc(N2CCCS2(=O)=O)cc1. The van der Waals surface area contributed by atoms with Gasteiger partial charge in [-0.3, -0.25) is 9.10 Å². The molecule has 2 heterocycles. The van der Waals surface area contributed by atoms with Crippen LogP contribution in [0.3, 0.4) is 0 Å². The minimum atomic E-state index is -3.22. The Hall–Kier alpha value is -2.87. The second-order valence-electron chi connectivity index (χ2n) is 6.65. The molecule has 3 aromatic rings. The Balaban J connectivity index is 1.48. The van der Waals surface area contributed by atoms with Crippen molar-refractivity contribution in [1.29, 1.82) is 0 Å². The van der Waals surface area contributed by atoms with Gasteiger partial charge in [-0.15, -0.1) is 0 Å². The summed E-state index contributed by atoms with van der Waals surface area (Å²) in [5, 5.41) is 0. The molecule has 4 rings (SSSR count). The zero-order chi connectivity index (χ0) is 19.0. The summed E-state index contributed by atoms with van der Waals surface area (Å²) in [4.78, 5) is 22.0. The highest BCUT2D eigenvalue weighted by atomic mass is 32.2. The fourth-order valence-corrected chi connectivity index (χ4v) is 4.86. The number of amides is 1. The van der Waals surface area contributed by atoms with Crippen molar-refractivity contribution >= 4 is 32.7 Å². The topological polar surface area (TPSA) is 86.4 Å². The predicted octanol–water partition coefficient (Wildman–Crippen LogP) is 2.38. The van der Waals surface area contributed by atoms with Crippen LogP contribution in [0.4, 0.5) is 5.69 Å². The minimum absolute atomic E-state index is 0.147. The number of benzene rings is 2. The minimum Gasteiger partial charge on any atom is -0.340 e. The molecule has 0 unspecified atom stereocenters. The highest BCUT2D eigenvalue weighted by Crippen LogP contribution is 2.24. The third-order valence-electron chi connectivity index (χ3n) is 4.67. The van der Waals surface area contributed by atoms with E-state index in [1.54, 1.807) is 36.2 Å². The Bertz CT molecular complexity index is 1060. The summed E-state index contributed by atoms with van der Waals surface area (Å²) >= 11 is 0. The van der Waals surface area contributed by atoms with Crippen molar-refractivity contribution in [1.82, 2.24) is 14.9 Å². The van der Waals surface area contributed by atoms with Crippen LogP contribution in [0.15, 0.2) is 48.5 Å². The smallest absolute Gasteiger partial charge is 0.254 e. The number of hydrogen-bond donors (Lipinski definition) is 1. The number of hydrogen-bond acceptors (Lipinski definition) is 4. The first-order valence-electron chi connectivity index (χ1n) is 8.74. The summed E-state index contributed by atoms with van der Waals surface area (Å²) < 4.78 is 25.4. The van der Waals surface area contributed by atoms with Crippen LogP contribution < -0.4 is 4.31 Å². The van der Waals surface area contributed by atoms with E-state index in [-0.39, 0.29) is 11.7 Å². The van der Waals surface area contributed by atoms with Crippen LogP contribution in [0.1, 0.15) is 22.6 Å². The van der Waals surface area contributed by atoms with E-state index in [2.05, 4.69) is 9.97 Å². The van der Waals surface area contributed by atoms with Crippen LogP contribution in [0.5, 0.6) is 0 Å². The van der Waals surface area contributed by atoms with Gasteiger partial charge in [0, 0.05) is 19.2 Å². The first kappa shape index (κ1) is 17.5. The summed E-state index contributed by atoms with van der Waals surface area (Å²) in [6, 6.07) is 14.4. The zero-order valence-electron chi connectivity index (χ0n) is 14.9.